The van der Waals surface area contributed by atoms with Crippen LogP contribution >= 0.6 is 11.6 Å². The maximum atomic E-state index is 11.3. The van der Waals surface area contributed by atoms with Gasteiger partial charge < -0.3 is 0 Å². The number of halogens is 1. The molecule has 0 heterocycles. The van der Waals surface area contributed by atoms with E-state index in [1.54, 1.807) is 19.1 Å². The molecule has 0 aliphatic heterocycles. The lowest BCUT2D eigenvalue weighted by Crippen LogP contribution is -2.26. The van der Waals surface area contributed by atoms with Crippen molar-refractivity contribution in [3.63, 3.8) is 0 Å². The molecule has 0 N–H and O–H groups in total. The van der Waals surface area contributed by atoms with E-state index in [4.69, 9.17) is 16.9 Å². The zero-order valence-corrected chi connectivity index (χ0v) is 9.51. The Morgan fingerprint density at radius 1 is 1.47 bits per heavy atom. The lowest BCUT2D eigenvalue weighted by atomic mass is 9.82. The fourth-order valence-corrected chi connectivity index (χ4v) is 1.38. The third-order valence-electron chi connectivity index (χ3n) is 2.49. The minimum Gasteiger partial charge on any atom is -0.298 e. The van der Waals surface area contributed by atoms with Crippen LogP contribution in [0.5, 0.6) is 0 Å². The lowest BCUT2D eigenvalue weighted by Gasteiger charge is -2.17. The van der Waals surface area contributed by atoms with Crippen LogP contribution in [-0.4, -0.2) is 5.78 Å². The van der Waals surface area contributed by atoms with Crippen LogP contribution in [-0.2, 0) is 11.2 Å². The predicted octanol–water partition coefficient (Wildman–Crippen LogP) is 3.00. The van der Waals surface area contributed by atoms with Gasteiger partial charge in [0.05, 0.1) is 6.07 Å². The molecule has 0 bridgehead atoms. The second kappa shape index (κ2) is 4.46. The average molecular weight is 222 g/mol. The first-order valence-electron chi connectivity index (χ1n) is 4.65. The Morgan fingerprint density at radius 2 is 2.00 bits per heavy atom. The van der Waals surface area contributed by atoms with E-state index in [1.807, 2.05) is 12.1 Å². The van der Waals surface area contributed by atoms with Crippen molar-refractivity contribution in [1.29, 1.82) is 5.26 Å². The van der Waals surface area contributed by atoms with Crippen LogP contribution in [0.15, 0.2) is 24.3 Å². The highest BCUT2D eigenvalue weighted by Gasteiger charge is 2.29. The molecule has 3 heteroatoms. The molecule has 78 valence electrons. The minimum atomic E-state index is -0.937. The van der Waals surface area contributed by atoms with Crippen LogP contribution in [0.1, 0.15) is 19.4 Å². The standard InChI is InChI=1S/C12H12ClNO/c1-9(15)12(2,8-14)7-10-3-5-11(13)6-4-10/h3-6H,7H2,1-2H3. The van der Waals surface area contributed by atoms with Gasteiger partial charge in [0, 0.05) is 5.02 Å². The summed E-state index contributed by atoms with van der Waals surface area (Å²) in [5, 5.41) is 9.63. The first-order chi connectivity index (χ1) is 6.98. The Hall–Kier alpha value is -1.33. The summed E-state index contributed by atoms with van der Waals surface area (Å²) in [6.07, 6.45) is 0.427. The molecule has 1 aromatic rings. The highest BCUT2D eigenvalue weighted by Crippen LogP contribution is 2.23. The third-order valence-corrected chi connectivity index (χ3v) is 2.75. The van der Waals surface area contributed by atoms with E-state index in [0.29, 0.717) is 11.4 Å². The van der Waals surface area contributed by atoms with Gasteiger partial charge in [-0.3, -0.25) is 4.79 Å². The van der Waals surface area contributed by atoms with Crippen molar-refractivity contribution < 1.29 is 4.79 Å². The predicted molar refractivity (Wildman–Crippen MR) is 59.6 cm³/mol. The molecule has 0 amide bonds. The molecule has 0 spiro atoms. The number of rotatable bonds is 3. The fourth-order valence-electron chi connectivity index (χ4n) is 1.25. The molecule has 1 rings (SSSR count). The molecule has 1 atom stereocenters. The molecule has 0 radical (unpaired) electrons. The summed E-state index contributed by atoms with van der Waals surface area (Å²) >= 11 is 5.75. The van der Waals surface area contributed by atoms with Crippen molar-refractivity contribution in [3.8, 4) is 6.07 Å². The highest BCUT2D eigenvalue weighted by molar-refractivity contribution is 6.30. The van der Waals surface area contributed by atoms with E-state index in [9.17, 15) is 4.79 Å². The van der Waals surface area contributed by atoms with Crippen molar-refractivity contribution in [3.05, 3.63) is 34.9 Å². The number of nitrogens with zero attached hydrogens (tertiary/aromatic N) is 1. The number of ketones is 1. The highest BCUT2D eigenvalue weighted by atomic mass is 35.5. The van der Waals surface area contributed by atoms with E-state index in [-0.39, 0.29) is 5.78 Å². The summed E-state index contributed by atoms with van der Waals surface area (Å²) in [5.74, 6) is -0.111. The van der Waals surface area contributed by atoms with Crippen LogP contribution in [0.25, 0.3) is 0 Å². The van der Waals surface area contributed by atoms with Gasteiger partial charge in [-0.05, 0) is 38.0 Å². The number of hydrogen-bond donors (Lipinski definition) is 0. The van der Waals surface area contributed by atoms with Crippen LogP contribution in [0, 0.1) is 16.7 Å². The molecule has 2 nitrogen and oxygen atoms in total. The maximum Gasteiger partial charge on any atom is 0.150 e. The molecular formula is C12H12ClNO. The van der Waals surface area contributed by atoms with Gasteiger partial charge in [-0.25, -0.2) is 0 Å². The summed E-state index contributed by atoms with van der Waals surface area (Å²) in [4.78, 5) is 11.3. The molecular weight excluding hydrogens is 210 g/mol. The van der Waals surface area contributed by atoms with Crippen LogP contribution in [0.2, 0.25) is 5.02 Å². The maximum absolute atomic E-state index is 11.3. The van der Waals surface area contributed by atoms with Gasteiger partial charge in [0.2, 0.25) is 0 Å². The van der Waals surface area contributed by atoms with Gasteiger partial charge >= 0.3 is 0 Å². The number of carbonyl (C=O) groups is 1. The first-order valence-corrected chi connectivity index (χ1v) is 5.02. The molecule has 0 aromatic heterocycles. The van der Waals surface area contributed by atoms with Crippen molar-refractivity contribution in [2.24, 2.45) is 5.41 Å². The Kier molecular flexibility index (Phi) is 3.49. The zero-order valence-electron chi connectivity index (χ0n) is 8.75. The van der Waals surface area contributed by atoms with Crippen LogP contribution in [0.3, 0.4) is 0 Å². The largest absolute Gasteiger partial charge is 0.298 e. The van der Waals surface area contributed by atoms with Gasteiger partial charge in [-0.15, -0.1) is 0 Å². The number of benzene rings is 1. The van der Waals surface area contributed by atoms with E-state index >= 15 is 0 Å². The molecule has 0 fully saturated rings. The van der Waals surface area contributed by atoms with Gasteiger partial charge in [0.15, 0.2) is 0 Å². The Labute approximate surface area is 94.5 Å². The number of Topliss-reactive ketones (excluding diaryl/α,β-unsaturated/α-hetero) is 1. The number of hydrogen-bond acceptors (Lipinski definition) is 2. The molecule has 0 aliphatic rings. The minimum absolute atomic E-state index is 0.111. The molecule has 0 aliphatic carbocycles. The summed E-state index contributed by atoms with van der Waals surface area (Å²) < 4.78 is 0. The van der Waals surface area contributed by atoms with Crippen molar-refractivity contribution in [2.75, 3.05) is 0 Å². The molecule has 15 heavy (non-hydrogen) atoms. The molecule has 1 unspecified atom stereocenters. The van der Waals surface area contributed by atoms with Gasteiger partial charge in [0.25, 0.3) is 0 Å². The first kappa shape index (κ1) is 11.7. The number of carbonyl (C=O) groups excluding carboxylic acids is 1. The van der Waals surface area contributed by atoms with E-state index in [2.05, 4.69) is 6.07 Å². The number of nitriles is 1. The van der Waals surface area contributed by atoms with Crippen LogP contribution in [0.4, 0.5) is 0 Å². The van der Waals surface area contributed by atoms with E-state index < -0.39 is 5.41 Å². The summed E-state index contributed by atoms with van der Waals surface area (Å²) in [5.41, 5.74) is 0.00652. The average Bonchev–Trinajstić information content (AvgIpc) is 2.21. The molecule has 1 aromatic carbocycles. The lowest BCUT2D eigenvalue weighted by molar-refractivity contribution is -0.123. The monoisotopic (exact) mass is 221 g/mol. The molecule has 0 saturated carbocycles. The van der Waals surface area contributed by atoms with Crippen molar-refractivity contribution >= 4 is 17.4 Å². The van der Waals surface area contributed by atoms with Gasteiger partial charge in [-0.2, -0.15) is 5.26 Å². The van der Waals surface area contributed by atoms with E-state index in [1.165, 1.54) is 6.92 Å². The Morgan fingerprint density at radius 3 is 2.40 bits per heavy atom. The summed E-state index contributed by atoms with van der Waals surface area (Å²) in [6, 6.07) is 9.24. The van der Waals surface area contributed by atoms with Crippen LogP contribution < -0.4 is 0 Å². The third kappa shape index (κ3) is 2.81. The van der Waals surface area contributed by atoms with Gasteiger partial charge in [-0.1, -0.05) is 23.7 Å². The summed E-state index contributed by atoms with van der Waals surface area (Å²) in [7, 11) is 0. The van der Waals surface area contributed by atoms with E-state index in [0.717, 1.165) is 5.56 Å². The SMILES string of the molecule is CC(=O)C(C)(C#N)Cc1ccc(Cl)cc1. The Bertz CT molecular complexity index is 405. The van der Waals surface area contributed by atoms with Crippen molar-refractivity contribution in [2.45, 2.75) is 20.3 Å². The zero-order chi connectivity index (χ0) is 11.5. The second-order valence-corrected chi connectivity index (χ2v) is 4.24. The molecule has 0 saturated heterocycles. The Balaban J connectivity index is 2.90. The smallest absolute Gasteiger partial charge is 0.150 e. The van der Waals surface area contributed by atoms with Gasteiger partial charge in [0.1, 0.15) is 11.2 Å². The summed E-state index contributed by atoms with van der Waals surface area (Å²) in [6.45, 7) is 3.10. The quantitative estimate of drug-likeness (QED) is 0.787. The second-order valence-electron chi connectivity index (χ2n) is 3.80. The topological polar surface area (TPSA) is 40.9 Å². The van der Waals surface area contributed by atoms with Crippen molar-refractivity contribution in [1.82, 2.24) is 0 Å². The fraction of sp³-hybridized carbons (Fsp3) is 0.333. The normalized spacial score (nSPS) is 14.0.